The van der Waals surface area contributed by atoms with Crippen molar-refractivity contribution in [2.45, 2.75) is 58.3 Å². The molecule has 0 aromatic carbocycles. The van der Waals surface area contributed by atoms with E-state index in [0.29, 0.717) is 0 Å². The van der Waals surface area contributed by atoms with Gasteiger partial charge in [0.05, 0.1) is 0 Å². The normalized spacial score (nSPS) is 40.4. The number of hydrogen-bond donors (Lipinski definition) is 1. The molecule has 15 heavy (non-hydrogen) atoms. The van der Waals surface area contributed by atoms with Gasteiger partial charge in [0, 0.05) is 0 Å². The van der Waals surface area contributed by atoms with Crippen LogP contribution in [-0.4, -0.2) is 6.54 Å². The molecule has 2 aliphatic carbocycles. The van der Waals surface area contributed by atoms with Gasteiger partial charge in [0.1, 0.15) is 0 Å². The second-order valence-electron chi connectivity index (χ2n) is 5.78. The van der Waals surface area contributed by atoms with Crippen LogP contribution in [0.1, 0.15) is 58.3 Å². The molecule has 2 saturated carbocycles. The Labute approximate surface area is 94.8 Å². The predicted molar refractivity (Wildman–Crippen MR) is 65.6 cm³/mol. The van der Waals surface area contributed by atoms with Crippen molar-refractivity contribution < 1.29 is 0 Å². The average molecular weight is 209 g/mol. The summed E-state index contributed by atoms with van der Waals surface area (Å²) < 4.78 is 0. The Morgan fingerprint density at radius 3 is 2.67 bits per heavy atom. The summed E-state index contributed by atoms with van der Waals surface area (Å²) in [6.45, 7) is 3.37. The standard InChI is InChI=1S/C14H27N/c1-11-13-9-4-2-3-7-12(14(11)13)8-5-6-10-15/h11-14H,2-10,15H2,1H3. The van der Waals surface area contributed by atoms with E-state index in [2.05, 4.69) is 6.92 Å². The van der Waals surface area contributed by atoms with Gasteiger partial charge >= 0.3 is 0 Å². The minimum absolute atomic E-state index is 0.885. The van der Waals surface area contributed by atoms with E-state index in [1.54, 1.807) is 0 Å². The Balaban J connectivity index is 1.79. The maximum Gasteiger partial charge on any atom is -0.00773 e. The lowest BCUT2D eigenvalue weighted by Crippen LogP contribution is -2.09. The largest absolute Gasteiger partial charge is 0.330 e. The van der Waals surface area contributed by atoms with E-state index in [0.717, 1.165) is 30.2 Å². The van der Waals surface area contributed by atoms with Crippen molar-refractivity contribution >= 4 is 0 Å². The minimum atomic E-state index is 0.885. The van der Waals surface area contributed by atoms with Gasteiger partial charge in [0.2, 0.25) is 0 Å². The second-order valence-corrected chi connectivity index (χ2v) is 5.78. The van der Waals surface area contributed by atoms with E-state index in [1.807, 2.05) is 0 Å². The molecular weight excluding hydrogens is 182 g/mol. The zero-order chi connectivity index (χ0) is 10.7. The Kier molecular flexibility index (Phi) is 4.07. The van der Waals surface area contributed by atoms with Crippen molar-refractivity contribution in [3.63, 3.8) is 0 Å². The van der Waals surface area contributed by atoms with E-state index in [4.69, 9.17) is 5.73 Å². The fourth-order valence-electron chi connectivity index (χ4n) is 3.86. The molecule has 1 heteroatoms. The zero-order valence-corrected chi connectivity index (χ0v) is 10.3. The third-order valence-electron chi connectivity index (χ3n) is 4.82. The molecule has 0 heterocycles. The third kappa shape index (κ3) is 2.75. The lowest BCUT2D eigenvalue weighted by atomic mass is 9.87. The van der Waals surface area contributed by atoms with E-state index in [1.165, 1.54) is 51.4 Å². The third-order valence-corrected chi connectivity index (χ3v) is 4.82. The van der Waals surface area contributed by atoms with E-state index in [-0.39, 0.29) is 0 Å². The SMILES string of the molecule is CC1C2CCCCCC(CCCCN)C12. The van der Waals surface area contributed by atoms with Gasteiger partial charge in [0.15, 0.2) is 0 Å². The highest BCUT2D eigenvalue weighted by molar-refractivity contribution is 4.98. The summed E-state index contributed by atoms with van der Waals surface area (Å²) in [4.78, 5) is 0. The summed E-state index contributed by atoms with van der Waals surface area (Å²) in [5, 5.41) is 0. The highest BCUT2D eigenvalue weighted by atomic mass is 14.5. The van der Waals surface area contributed by atoms with Gasteiger partial charge in [0.25, 0.3) is 0 Å². The fraction of sp³-hybridized carbons (Fsp3) is 1.00. The average Bonchev–Trinajstić information content (AvgIpc) is 2.81. The summed E-state index contributed by atoms with van der Waals surface area (Å²) in [6.07, 6.45) is 11.6. The molecule has 88 valence electrons. The van der Waals surface area contributed by atoms with Crippen LogP contribution in [0.5, 0.6) is 0 Å². The Morgan fingerprint density at radius 1 is 1.07 bits per heavy atom. The highest BCUT2D eigenvalue weighted by Gasteiger charge is 2.49. The molecular formula is C14H27N. The van der Waals surface area contributed by atoms with Gasteiger partial charge < -0.3 is 5.73 Å². The molecule has 0 bridgehead atoms. The van der Waals surface area contributed by atoms with Crippen LogP contribution < -0.4 is 5.73 Å². The summed E-state index contributed by atoms with van der Waals surface area (Å²) in [5.41, 5.74) is 5.57. The molecule has 0 spiro atoms. The van der Waals surface area contributed by atoms with Gasteiger partial charge in [-0.2, -0.15) is 0 Å². The highest BCUT2D eigenvalue weighted by Crippen LogP contribution is 2.56. The first kappa shape index (κ1) is 11.4. The monoisotopic (exact) mass is 209 g/mol. The quantitative estimate of drug-likeness (QED) is 0.704. The van der Waals surface area contributed by atoms with Gasteiger partial charge in [-0.1, -0.05) is 45.4 Å². The maximum atomic E-state index is 5.57. The summed E-state index contributed by atoms with van der Waals surface area (Å²) in [6, 6.07) is 0. The van der Waals surface area contributed by atoms with Gasteiger partial charge in [-0.3, -0.25) is 0 Å². The summed E-state index contributed by atoms with van der Waals surface area (Å²) in [5.74, 6) is 4.30. The zero-order valence-electron chi connectivity index (χ0n) is 10.3. The van der Waals surface area contributed by atoms with Crippen LogP contribution in [-0.2, 0) is 0 Å². The van der Waals surface area contributed by atoms with E-state index in [9.17, 15) is 0 Å². The fourth-order valence-corrected chi connectivity index (χ4v) is 3.86. The number of unbranched alkanes of at least 4 members (excludes halogenated alkanes) is 1. The molecule has 2 N–H and O–H groups in total. The minimum Gasteiger partial charge on any atom is -0.330 e. The first-order valence-electron chi connectivity index (χ1n) is 7.04. The van der Waals surface area contributed by atoms with Crippen molar-refractivity contribution in [1.82, 2.24) is 0 Å². The molecule has 2 rings (SSSR count). The number of hydrogen-bond acceptors (Lipinski definition) is 1. The molecule has 0 saturated heterocycles. The lowest BCUT2D eigenvalue weighted by molar-refractivity contribution is 0.324. The van der Waals surface area contributed by atoms with E-state index < -0.39 is 0 Å². The van der Waals surface area contributed by atoms with Crippen LogP contribution >= 0.6 is 0 Å². The first-order chi connectivity index (χ1) is 7.34. The van der Waals surface area contributed by atoms with Crippen LogP contribution in [0.4, 0.5) is 0 Å². The predicted octanol–water partition coefficient (Wildman–Crippen LogP) is 3.58. The molecule has 4 unspecified atom stereocenters. The second kappa shape index (κ2) is 5.34. The van der Waals surface area contributed by atoms with Crippen molar-refractivity contribution in [1.29, 1.82) is 0 Å². The lowest BCUT2D eigenvalue weighted by Gasteiger charge is -2.19. The van der Waals surface area contributed by atoms with E-state index >= 15 is 0 Å². The summed E-state index contributed by atoms with van der Waals surface area (Å²) in [7, 11) is 0. The van der Waals surface area contributed by atoms with Gasteiger partial charge in [-0.25, -0.2) is 0 Å². The smallest absolute Gasteiger partial charge is 0.00773 e. The molecule has 1 nitrogen and oxygen atoms in total. The number of fused-ring (bicyclic) bond motifs is 1. The Bertz CT molecular complexity index is 190. The van der Waals surface area contributed by atoms with Gasteiger partial charge in [-0.15, -0.1) is 0 Å². The van der Waals surface area contributed by atoms with Crippen molar-refractivity contribution in [3.8, 4) is 0 Å². The number of rotatable bonds is 4. The van der Waals surface area contributed by atoms with Crippen molar-refractivity contribution in [3.05, 3.63) is 0 Å². The molecule has 0 amide bonds. The van der Waals surface area contributed by atoms with Crippen LogP contribution in [0, 0.1) is 23.7 Å². The molecule has 2 aliphatic rings. The summed E-state index contributed by atoms with van der Waals surface area (Å²) >= 11 is 0. The molecule has 0 aromatic heterocycles. The molecule has 0 radical (unpaired) electrons. The molecule has 4 atom stereocenters. The molecule has 0 aliphatic heterocycles. The Hall–Kier alpha value is -0.0400. The van der Waals surface area contributed by atoms with Crippen LogP contribution in [0.25, 0.3) is 0 Å². The van der Waals surface area contributed by atoms with Crippen LogP contribution in [0.2, 0.25) is 0 Å². The molecule has 2 fully saturated rings. The van der Waals surface area contributed by atoms with Gasteiger partial charge in [-0.05, 0) is 43.1 Å². The van der Waals surface area contributed by atoms with Crippen molar-refractivity contribution in [2.24, 2.45) is 29.4 Å². The van der Waals surface area contributed by atoms with Crippen LogP contribution in [0.3, 0.4) is 0 Å². The Morgan fingerprint density at radius 2 is 1.87 bits per heavy atom. The molecule has 0 aromatic rings. The number of nitrogens with two attached hydrogens (primary N) is 1. The maximum absolute atomic E-state index is 5.57. The topological polar surface area (TPSA) is 26.0 Å². The van der Waals surface area contributed by atoms with Crippen LogP contribution in [0.15, 0.2) is 0 Å². The van der Waals surface area contributed by atoms with Crippen molar-refractivity contribution in [2.75, 3.05) is 6.54 Å². The first-order valence-corrected chi connectivity index (χ1v) is 7.04.